The van der Waals surface area contributed by atoms with Gasteiger partial charge >= 0.3 is 0 Å². The highest BCUT2D eigenvalue weighted by Crippen LogP contribution is 2.15. The van der Waals surface area contributed by atoms with Crippen LogP contribution in [0.5, 0.6) is 0 Å². The number of fused-ring (bicyclic) bond motifs is 1. The third kappa shape index (κ3) is 3.89. The van der Waals surface area contributed by atoms with Gasteiger partial charge in [0.05, 0.1) is 12.2 Å². The molecule has 0 atom stereocenters. The van der Waals surface area contributed by atoms with Crippen LogP contribution in [0.3, 0.4) is 0 Å². The Morgan fingerprint density at radius 2 is 1.89 bits per heavy atom. The van der Waals surface area contributed by atoms with Crippen molar-refractivity contribution < 1.29 is 0 Å². The van der Waals surface area contributed by atoms with Gasteiger partial charge in [0.25, 0.3) is 0 Å². The number of imidazole rings is 1. The van der Waals surface area contributed by atoms with Crippen LogP contribution < -0.4 is 10.2 Å². The Balaban J connectivity index is 1.35. The minimum Gasteiger partial charge on any atom is -0.368 e. The fraction of sp³-hybridized carbons (Fsp3) is 0.333. The molecule has 140 valence electrons. The van der Waals surface area contributed by atoms with E-state index in [9.17, 15) is 0 Å². The molecule has 27 heavy (non-hydrogen) atoms. The lowest BCUT2D eigenvalue weighted by Crippen LogP contribution is -2.52. The average molecular weight is 362 g/mol. The summed E-state index contributed by atoms with van der Waals surface area (Å²) in [5.41, 5.74) is 4.52. The van der Waals surface area contributed by atoms with E-state index >= 15 is 0 Å². The number of para-hydroxylation sites is 1. The molecule has 1 aliphatic rings. The van der Waals surface area contributed by atoms with Gasteiger partial charge in [0.15, 0.2) is 5.96 Å². The van der Waals surface area contributed by atoms with E-state index < -0.39 is 0 Å². The maximum absolute atomic E-state index is 4.70. The molecule has 1 saturated heterocycles. The summed E-state index contributed by atoms with van der Waals surface area (Å²) in [5, 5.41) is 3.47. The fourth-order valence-corrected chi connectivity index (χ4v) is 3.54. The highest BCUT2D eigenvalue weighted by atomic mass is 15.3. The quantitative estimate of drug-likeness (QED) is 0.575. The predicted octanol–water partition coefficient (Wildman–Crippen LogP) is 2.54. The first-order chi connectivity index (χ1) is 13.2. The van der Waals surface area contributed by atoms with Crippen molar-refractivity contribution >= 4 is 17.3 Å². The molecule has 0 saturated carbocycles. The van der Waals surface area contributed by atoms with Gasteiger partial charge in [-0.25, -0.2) is 4.98 Å². The van der Waals surface area contributed by atoms with Crippen LogP contribution in [0.4, 0.5) is 5.69 Å². The minimum atomic E-state index is 0.673. The molecule has 3 heterocycles. The molecule has 0 aliphatic carbocycles. The second kappa shape index (κ2) is 7.70. The van der Waals surface area contributed by atoms with Crippen LogP contribution in [0.25, 0.3) is 5.65 Å². The third-order valence-corrected chi connectivity index (χ3v) is 5.01. The van der Waals surface area contributed by atoms with Crippen LogP contribution >= 0.6 is 0 Å². The second-order valence-electron chi connectivity index (χ2n) is 6.91. The van der Waals surface area contributed by atoms with E-state index in [4.69, 9.17) is 4.98 Å². The minimum absolute atomic E-state index is 0.673. The summed E-state index contributed by atoms with van der Waals surface area (Å²) < 4.78 is 2.06. The number of aliphatic imine (C=N–C) groups is 1. The Kier molecular flexibility index (Phi) is 4.96. The van der Waals surface area contributed by atoms with Gasteiger partial charge < -0.3 is 19.5 Å². The van der Waals surface area contributed by atoms with Gasteiger partial charge in [-0.15, -0.1) is 0 Å². The van der Waals surface area contributed by atoms with Gasteiger partial charge in [0.1, 0.15) is 5.65 Å². The van der Waals surface area contributed by atoms with E-state index in [1.54, 1.807) is 0 Å². The predicted molar refractivity (Wildman–Crippen MR) is 110 cm³/mol. The van der Waals surface area contributed by atoms with E-state index in [-0.39, 0.29) is 0 Å². The summed E-state index contributed by atoms with van der Waals surface area (Å²) in [5.74, 6) is 0.941. The normalized spacial score (nSPS) is 15.4. The van der Waals surface area contributed by atoms with Crippen molar-refractivity contribution in [1.29, 1.82) is 0 Å². The standard InChI is InChI=1S/C21H26N6/c1-17-8-9-27-16-18(24-20(27)14-17)15-23-21(22-2)26-12-10-25(11-13-26)19-6-4-3-5-7-19/h3-9,14,16H,10-13,15H2,1-2H3,(H,22,23). The zero-order valence-corrected chi connectivity index (χ0v) is 16.0. The van der Waals surface area contributed by atoms with Gasteiger partial charge in [-0.1, -0.05) is 18.2 Å². The van der Waals surface area contributed by atoms with Gasteiger partial charge in [-0.05, 0) is 36.8 Å². The summed E-state index contributed by atoms with van der Waals surface area (Å²) in [4.78, 5) is 13.9. The first kappa shape index (κ1) is 17.4. The maximum Gasteiger partial charge on any atom is 0.194 e. The Bertz CT molecular complexity index is 922. The number of benzene rings is 1. The number of aromatic nitrogens is 2. The van der Waals surface area contributed by atoms with Crippen molar-refractivity contribution in [2.75, 3.05) is 38.1 Å². The van der Waals surface area contributed by atoms with Crippen LogP contribution in [-0.4, -0.2) is 53.5 Å². The molecular weight excluding hydrogens is 336 g/mol. The number of nitrogens with one attached hydrogen (secondary N) is 1. The van der Waals surface area contributed by atoms with E-state index in [2.05, 4.69) is 86.3 Å². The van der Waals surface area contributed by atoms with Crippen LogP contribution in [0, 0.1) is 6.92 Å². The Hall–Kier alpha value is -3.02. The number of hydrogen-bond acceptors (Lipinski definition) is 3. The lowest BCUT2D eigenvalue weighted by molar-refractivity contribution is 0.372. The molecular formula is C21H26N6. The number of anilines is 1. The van der Waals surface area contributed by atoms with Crippen molar-refractivity contribution in [2.45, 2.75) is 13.5 Å². The van der Waals surface area contributed by atoms with E-state index in [1.807, 2.05) is 7.05 Å². The van der Waals surface area contributed by atoms with Gasteiger partial charge in [-0.2, -0.15) is 0 Å². The molecule has 4 rings (SSSR count). The molecule has 2 aromatic heterocycles. The Labute approximate surface area is 160 Å². The highest BCUT2D eigenvalue weighted by Gasteiger charge is 2.19. The SMILES string of the molecule is CN=C(NCc1cn2ccc(C)cc2n1)N1CCN(c2ccccc2)CC1. The third-order valence-electron chi connectivity index (χ3n) is 5.01. The Morgan fingerprint density at radius 3 is 2.63 bits per heavy atom. The van der Waals surface area contributed by atoms with Crippen LogP contribution in [0.15, 0.2) is 59.9 Å². The van der Waals surface area contributed by atoms with Gasteiger partial charge in [-0.3, -0.25) is 4.99 Å². The van der Waals surface area contributed by atoms with Gasteiger partial charge in [0, 0.05) is 51.3 Å². The fourth-order valence-electron chi connectivity index (χ4n) is 3.54. The molecule has 6 nitrogen and oxygen atoms in total. The number of aryl methyl sites for hydroxylation is 1. The molecule has 6 heteroatoms. The number of pyridine rings is 1. The van der Waals surface area contributed by atoms with Crippen molar-refractivity contribution in [1.82, 2.24) is 19.6 Å². The number of hydrogen-bond donors (Lipinski definition) is 1. The number of piperazine rings is 1. The lowest BCUT2D eigenvalue weighted by Gasteiger charge is -2.37. The summed E-state index contributed by atoms with van der Waals surface area (Å²) in [6, 6.07) is 14.8. The smallest absolute Gasteiger partial charge is 0.194 e. The maximum atomic E-state index is 4.70. The summed E-state index contributed by atoms with van der Waals surface area (Å²) in [7, 11) is 1.85. The van der Waals surface area contributed by atoms with E-state index in [0.29, 0.717) is 6.54 Å². The molecule has 1 fully saturated rings. The number of guanidine groups is 1. The van der Waals surface area contributed by atoms with E-state index in [1.165, 1.54) is 11.3 Å². The summed E-state index contributed by atoms with van der Waals surface area (Å²) in [6.07, 6.45) is 4.13. The molecule has 0 amide bonds. The molecule has 0 bridgehead atoms. The van der Waals surface area contributed by atoms with Crippen molar-refractivity contribution in [2.24, 2.45) is 4.99 Å². The van der Waals surface area contributed by atoms with Gasteiger partial charge in [0.2, 0.25) is 0 Å². The summed E-state index contributed by atoms with van der Waals surface area (Å²) in [6.45, 7) is 6.67. The average Bonchev–Trinajstić information content (AvgIpc) is 3.11. The summed E-state index contributed by atoms with van der Waals surface area (Å²) >= 11 is 0. The molecule has 1 aliphatic heterocycles. The topological polar surface area (TPSA) is 48.2 Å². The zero-order valence-electron chi connectivity index (χ0n) is 16.0. The van der Waals surface area contributed by atoms with Crippen molar-refractivity contribution in [3.63, 3.8) is 0 Å². The second-order valence-corrected chi connectivity index (χ2v) is 6.91. The lowest BCUT2D eigenvalue weighted by atomic mass is 10.2. The largest absolute Gasteiger partial charge is 0.368 e. The van der Waals surface area contributed by atoms with Crippen molar-refractivity contribution in [3.05, 3.63) is 66.1 Å². The monoisotopic (exact) mass is 362 g/mol. The highest BCUT2D eigenvalue weighted by molar-refractivity contribution is 5.80. The zero-order chi connectivity index (χ0) is 18.6. The van der Waals surface area contributed by atoms with Crippen LogP contribution in [-0.2, 0) is 6.54 Å². The molecule has 3 aromatic rings. The molecule has 0 unspecified atom stereocenters. The first-order valence-corrected chi connectivity index (χ1v) is 9.43. The van der Waals surface area contributed by atoms with Crippen molar-refractivity contribution in [3.8, 4) is 0 Å². The van der Waals surface area contributed by atoms with E-state index in [0.717, 1.165) is 43.5 Å². The Morgan fingerprint density at radius 1 is 1.11 bits per heavy atom. The molecule has 0 spiro atoms. The molecule has 1 N–H and O–H groups in total. The first-order valence-electron chi connectivity index (χ1n) is 9.43. The van der Waals surface area contributed by atoms with Crippen LogP contribution in [0.1, 0.15) is 11.3 Å². The number of nitrogens with zero attached hydrogens (tertiary/aromatic N) is 5. The number of rotatable bonds is 3. The molecule has 0 radical (unpaired) electrons. The molecule has 1 aromatic carbocycles. The van der Waals surface area contributed by atoms with Crippen LogP contribution in [0.2, 0.25) is 0 Å².